The van der Waals surface area contributed by atoms with Gasteiger partial charge in [-0.3, -0.25) is 4.79 Å². The maximum absolute atomic E-state index is 13.3. The summed E-state index contributed by atoms with van der Waals surface area (Å²) < 4.78 is 40.5. The van der Waals surface area contributed by atoms with Gasteiger partial charge in [-0.15, -0.1) is 0 Å². The molecule has 10 heteroatoms. The largest absolute Gasteiger partial charge is 0.490 e. The molecule has 1 fully saturated rings. The monoisotopic (exact) mass is 614 g/mol. The Bertz CT molecular complexity index is 1500. The molecule has 3 unspecified atom stereocenters. The zero-order valence-electron chi connectivity index (χ0n) is 24.1. The fourth-order valence-corrected chi connectivity index (χ4v) is 8.40. The van der Waals surface area contributed by atoms with Crippen molar-refractivity contribution in [3.8, 4) is 5.75 Å². The summed E-state index contributed by atoms with van der Waals surface area (Å²) in [6.45, 7) is 3.40. The van der Waals surface area contributed by atoms with Crippen molar-refractivity contribution < 1.29 is 27.8 Å². The maximum Gasteiger partial charge on any atom is 0.264 e. The number of aliphatic hydroxyl groups excluding tert-OH is 1. The number of halogens is 1. The smallest absolute Gasteiger partial charge is 0.264 e. The van der Waals surface area contributed by atoms with Gasteiger partial charge in [-0.25, -0.2) is 13.1 Å². The number of sulfonamides is 1. The zero-order chi connectivity index (χ0) is 29.6. The fraction of sp³-hybridized carbons (Fsp3) is 0.531. The molecule has 2 aliphatic heterocycles. The van der Waals surface area contributed by atoms with Gasteiger partial charge in [0.15, 0.2) is 0 Å². The Kier molecular flexibility index (Phi) is 8.06. The molecule has 1 amide bonds. The third-order valence-corrected chi connectivity index (χ3v) is 11.8. The molecule has 2 bridgehead atoms. The average Bonchev–Trinajstić information content (AvgIpc) is 3.09. The van der Waals surface area contributed by atoms with Crippen molar-refractivity contribution in [2.75, 3.05) is 31.7 Å². The predicted molar refractivity (Wildman–Crippen MR) is 163 cm³/mol. The molecule has 2 aromatic carbocycles. The van der Waals surface area contributed by atoms with Crippen LogP contribution in [0.15, 0.2) is 48.6 Å². The summed E-state index contributed by atoms with van der Waals surface area (Å²) in [7, 11) is -2.47. The SMILES string of the molecule is CO[C@H]1/C=C/C(O)C2CCC2CN2C[C@@]3(CCCc4cc(Cl)ccc43)COc3ccc(cc32)C(=O)NS(=O)(=O)[C@H](C)C1. The van der Waals surface area contributed by atoms with Gasteiger partial charge in [-0.2, -0.15) is 0 Å². The van der Waals surface area contributed by atoms with Gasteiger partial charge < -0.3 is 19.5 Å². The van der Waals surface area contributed by atoms with E-state index in [-0.39, 0.29) is 29.2 Å². The maximum atomic E-state index is 13.3. The zero-order valence-corrected chi connectivity index (χ0v) is 25.7. The predicted octanol–water partition coefficient (Wildman–Crippen LogP) is 4.62. The number of hydrogen-bond donors (Lipinski definition) is 2. The molecule has 2 aliphatic carbocycles. The lowest BCUT2D eigenvalue weighted by Crippen LogP contribution is -2.49. The molecule has 226 valence electrons. The van der Waals surface area contributed by atoms with E-state index in [1.165, 1.54) is 18.2 Å². The van der Waals surface area contributed by atoms with Crippen LogP contribution in [0, 0.1) is 11.8 Å². The quantitative estimate of drug-likeness (QED) is 0.452. The van der Waals surface area contributed by atoms with Crippen LogP contribution in [0.1, 0.15) is 60.5 Å². The third kappa shape index (κ3) is 5.56. The standard InChI is InChI=1S/C32H39ClN2O6S/c1-20-14-25(40-2)8-11-29(36)26-9-5-23(26)17-35-18-32(13-3-4-21-15-24(33)7-10-27(21)32)19-41-30-12-6-22(16-28(30)35)31(37)34-42(20,38)39/h6-8,10-12,15-16,20,23,25-26,29,36H,3-5,9,13-14,17-19H2,1-2H3,(H,34,37)/b11-8+/t20-,23?,25+,26?,29?,32+/m1/s1. The molecule has 42 heavy (non-hydrogen) atoms. The number of hydrogen-bond acceptors (Lipinski definition) is 7. The van der Waals surface area contributed by atoms with Crippen LogP contribution in [0.4, 0.5) is 5.69 Å². The third-order valence-electron chi connectivity index (χ3n) is 9.82. The van der Waals surface area contributed by atoms with Crippen LogP contribution in [0.5, 0.6) is 5.75 Å². The summed E-state index contributed by atoms with van der Waals surface area (Å²) in [6, 6.07) is 11.3. The van der Waals surface area contributed by atoms with E-state index in [1.807, 2.05) is 6.07 Å². The lowest BCUT2D eigenvalue weighted by atomic mass is 9.68. The van der Waals surface area contributed by atoms with Crippen molar-refractivity contribution in [3.63, 3.8) is 0 Å². The Labute approximate surface area is 253 Å². The first-order valence-corrected chi connectivity index (χ1v) is 16.8. The number of fused-ring (bicyclic) bond motifs is 4. The number of anilines is 1. The summed E-state index contributed by atoms with van der Waals surface area (Å²) in [5, 5.41) is 11.0. The Morgan fingerprint density at radius 3 is 2.76 bits per heavy atom. The Morgan fingerprint density at radius 2 is 2.00 bits per heavy atom. The molecule has 2 heterocycles. The van der Waals surface area contributed by atoms with Gasteiger partial charge in [0.05, 0.1) is 29.8 Å². The molecule has 2 N–H and O–H groups in total. The second-order valence-corrected chi connectivity index (χ2v) is 15.0. The minimum atomic E-state index is -3.98. The second-order valence-electron chi connectivity index (χ2n) is 12.5. The van der Waals surface area contributed by atoms with Crippen molar-refractivity contribution >= 4 is 33.2 Å². The van der Waals surface area contributed by atoms with Gasteiger partial charge in [0.25, 0.3) is 5.91 Å². The van der Waals surface area contributed by atoms with Crippen molar-refractivity contribution in [1.29, 1.82) is 0 Å². The van der Waals surface area contributed by atoms with E-state index in [1.54, 1.807) is 37.3 Å². The van der Waals surface area contributed by atoms with Crippen LogP contribution in [0.2, 0.25) is 5.02 Å². The number of amides is 1. The van der Waals surface area contributed by atoms with Crippen molar-refractivity contribution in [3.05, 3.63) is 70.3 Å². The number of aryl methyl sites for hydroxylation is 1. The lowest BCUT2D eigenvalue weighted by molar-refractivity contribution is 0.0444. The van der Waals surface area contributed by atoms with Crippen LogP contribution in [-0.4, -0.2) is 63.7 Å². The van der Waals surface area contributed by atoms with Gasteiger partial charge in [0.2, 0.25) is 10.0 Å². The molecule has 0 saturated heterocycles. The molecule has 4 aliphatic rings. The van der Waals surface area contributed by atoms with Crippen LogP contribution >= 0.6 is 11.6 Å². The first kappa shape index (κ1) is 29.5. The minimum Gasteiger partial charge on any atom is -0.490 e. The molecule has 6 atom stereocenters. The van der Waals surface area contributed by atoms with Crippen molar-refractivity contribution in [2.24, 2.45) is 11.8 Å². The summed E-state index contributed by atoms with van der Waals surface area (Å²) in [5.41, 5.74) is 3.24. The summed E-state index contributed by atoms with van der Waals surface area (Å²) >= 11 is 6.38. The van der Waals surface area contributed by atoms with E-state index in [0.29, 0.717) is 25.4 Å². The normalized spacial score (nSPS) is 33.3. The van der Waals surface area contributed by atoms with E-state index in [4.69, 9.17) is 21.1 Å². The number of carbonyl (C=O) groups excluding carboxylic acids is 1. The number of benzene rings is 2. The van der Waals surface area contributed by atoms with Crippen LogP contribution in [0.3, 0.4) is 0 Å². The van der Waals surface area contributed by atoms with Crippen molar-refractivity contribution in [2.45, 2.75) is 68.3 Å². The number of methoxy groups -OCH3 is 1. The number of carbonyl (C=O) groups is 1. The van der Waals surface area contributed by atoms with E-state index in [2.05, 4.69) is 21.8 Å². The molecule has 6 rings (SSSR count). The highest BCUT2D eigenvalue weighted by molar-refractivity contribution is 7.90. The van der Waals surface area contributed by atoms with Crippen LogP contribution < -0.4 is 14.4 Å². The molecular weight excluding hydrogens is 576 g/mol. The number of ether oxygens (including phenoxy) is 2. The van der Waals surface area contributed by atoms with Gasteiger partial charge in [-0.05, 0) is 98.7 Å². The van der Waals surface area contributed by atoms with Gasteiger partial charge in [-0.1, -0.05) is 29.8 Å². The molecule has 2 aromatic rings. The summed E-state index contributed by atoms with van der Waals surface area (Å²) in [4.78, 5) is 15.6. The highest BCUT2D eigenvalue weighted by atomic mass is 35.5. The minimum absolute atomic E-state index is 0.0697. The molecule has 8 nitrogen and oxygen atoms in total. The van der Waals surface area contributed by atoms with Gasteiger partial charge in [0, 0.05) is 36.2 Å². The number of aliphatic hydroxyl groups is 1. The van der Waals surface area contributed by atoms with E-state index in [0.717, 1.165) is 42.8 Å². The average molecular weight is 615 g/mol. The first-order valence-electron chi connectivity index (χ1n) is 14.8. The Hall–Kier alpha value is -2.59. The number of rotatable bonds is 1. The first-order chi connectivity index (χ1) is 20.1. The van der Waals surface area contributed by atoms with Crippen LogP contribution in [-0.2, 0) is 26.6 Å². The molecule has 1 spiro atoms. The van der Waals surface area contributed by atoms with Crippen LogP contribution in [0.25, 0.3) is 0 Å². The van der Waals surface area contributed by atoms with Crippen molar-refractivity contribution in [1.82, 2.24) is 4.72 Å². The topological polar surface area (TPSA) is 105 Å². The lowest BCUT2D eigenvalue weighted by Gasteiger charge is -2.45. The molecule has 0 aromatic heterocycles. The number of nitrogens with zero attached hydrogens (tertiary/aromatic N) is 1. The Balaban J connectivity index is 1.42. The highest BCUT2D eigenvalue weighted by Crippen LogP contribution is 2.46. The van der Waals surface area contributed by atoms with E-state index < -0.39 is 33.4 Å². The van der Waals surface area contributed by atoms with Gasteiger partial charge in [0.1, 0.15) is 5.75 Å². The summed E-state index contributed by atoms with van der Waals surface area (Å²) in [6.07, 6.45) is 7.30. The molecule has 1 saturated carbocycles. The molecular formula is C32H39ClN2O6S. The van der Waals surface area contributed by atoms with Gasteiger partial charge >= 0.3 is 0 Å². The number of nitrogens with one attached hydrogen (secondary N) is 1. The second kappa shape index (κ2) is 11.5. The highest BCUT2D eigenvalue weighted by Gasteiger charge is 2.44. The summed E-state index contributed by atoms with van der Waals surface area (Å²) in [5.74, 6) is 0.308. The fourth-order valence-electron chi connectivity index (χ4n) is 7.19. The Morgan fingerprint density at radius 1 is 1.17 bits per heavy atom. The van der Waals surface area contributed by atoms with E-state index in [9.17, 15) is 18.3 Å². The van der Waals surface area contributed by atoms with E-state index >= 15 is 0 Å². The molecule has 0 radical (unpaired) electrons.